The molecular formula is C7H14S2. The molecule has 0 spiro atoms. The fourth-order valence-electron chi connectivity index (χ4n) is 0.910. The fraction of sp³-hybridized carbons (Fsp3) is 1.00. The lowest BCUT2D eigenvalue weighted by Crippen LogP contribution is -2.02. The Labute approximate surface area is 66.2 Å². The molecule has 0 aromatic heterocycles. The van der Waals surface area contributed by atoms with Crippen molar-refractivity contribution in [2.45, 2.75) is 25.0 Å². The van der Waals surface area contributed by atoms with Gasteiger partial charge in [0, 0.05) is 11.0 Å². The van der Waals surface area contributed by atoms with Crippen molar-refractivity contribution in [3.05, 3.63) is 0 Å². The van der Waals surface area contributed by atoms with Crippen molar-refractivity contribution >= 4 is 23.5 Å². The van der Waals surface area contributed by atoms with E-state index in [9.17, 15) is 0 Å². The van der Waals surface area contributed by atoms with Crippen molar-refractivity contribution in [2.24, 2.45) is 0 Å². The van der Waals surface area contributed by atoms with Crippen LogP contribution >= 0.6 is 23.5 Å². The Bertz CT molecular complexity index is 65.3. The van der Waals surface area contributed by atoms with Gasteiger partial charge in [0.15, 0.2) is 0 Å². The minimum absolute atomic E-state index is 0.956. The van der Waals surface area contributed by atoms with Crippen molar-refractivity contribution in [1.29, 1.82) is 0 Å². The summed E-state index contributed by atoms with van der Waals surface area (Å²) < 4.78 is 0. The predicted molar refractivity (Wildman–Crippen MR) is 48.5 cm³/mol. The summed E-state index contributed by atoms with van der Waals surface area (Å²) in [6, 6.07) is 0. The molecule has 2 heteroatoms. The molecule has 0 bridgehead atoms. The molecule has 0 saturated carbocycles. The second kappa shape index (κ2) is 4.51. The van der Waals surface area contributed by atoms with Gasteiger partial charge >= 0.3 is 0 Å². The molecule has 0 aromatic rings. The normalized spacial score (nSPS) is 29.7. The zero-order valence-corrected chi connectivity index (χ0v) is 7.56. The first kappa shape index (κ1) is 7.80. The van der Waals surface area contributed by atoms with Gasteiger partial charge in [-0.05, 0) is 24.3 Å². The Morgan fingerprint density at radius 3 is 3.11 bits per heavy atom. The van der Waals surface area contributed by atoms with Crippen LogP contribution in [0.15, 0.2) is 0 Å². The van der Waals surface area contributed by atoms with Crippen molar-refractivity contribution in [3.8, 4) is 0 Å². The number of hydrogen-bond donors (Lipinski definition) is 0. The van der Waals surface area contributed by atoms with Crippen molar-refractivity contribution in [1.82, 2.24) is 0 Å². The van der Waals surface area contributed by atoms with Gasteiger partial charge < -0.3 is 0 Å². The van der Waals surface area contributed by atoms with Gasteiger partial charge in [0.05, 0.1) is 0 Å². The molecule has 0 N–H and O–H groups in total. The summed E-state index contributed by atoms with van der Waals surface area (Å²) in [4.78, 5) is 0. The highest BCUT2D eigenvalue weighted by Gasteiger charge is 2.09. The second-order valence-electron chi connectivity index (χ2n) is 2.33. The second-order valence-corrected chi connectivity index (χ2v) is 4.89. The fourth-order valence-corrected chi connectivity index (χ4v) is 3.66. The van der Waals surface area contributed by atoms with Crippen LogP contribution in [0.25, 0.3) is 0 Å². The Morgan fingerprint density at radius 2 is 2.33 bits per heavy atom. The van der Waals surface area contributed by atoms with Gasteiger partial charge in [0.25, 0.3) is 0 Å². The molecule has 1 rings (SSSR count). The molecular weight excluding hydrogens is 148 g/mol. The molecule has 54 valence electrons. The van der Waals surface area contributed by atoms with Gasteiger partial charge in [0.1, 0.15) is 0 Å². The van der Waals surface area contributed by atoms with E-state index in [-0.39, 0.29) is 0 Å². The van der Waals surface area contributed by atoms with Crippen molar-refractivity contribution < 1.29 is 0 Å². The summed E-state index contributed by atoms with van der Waals surface area (Å²) in [6.45, 7) is 2.30. The Kier molecular flexibility index (Phi) is 3.91. The molecule has 1 saturated heterocycles. The molecule has 1 aliphatic rings. The van der Waals surface area contributed by atoms with Crippen LogP contribution in [-0.2, 0) is 0 Å². The lowest BCUT2D eigenvalue weighted by atomic mass is 10.4. The van der Waals surface area contributed by atoms with Gasteiger partial charge in [-0.15, -0.1) is 0 Å². The van der Waals surface area contributed by atoms with E-state index in [0.29, 0.717) is 0 Å². The third-order valence-corrected chi connectivity index (χ3v) is 4.47. The number of rotatable bonds is 1. The van der Waals surface area contributed by atoms with Crippen LogP contribution in [0.5, 0.6) is 0 Å². The van der Waals surface area contributed by atoms with E-state index < -0.39 is 0 Å². The minimum Gasteiger partial charge on any atom is -0.161 e. The molecule has 9 heavy (non-hydrogen) atoms. The van der Waals surface area contributed by atoms with Crippen LogP contribution in [0.1, 0.15) is 19.8 Å². The maximum atomic E-state index is 2.30. The predicted octanol–water partition coefficient (Wildman–Crippen LogP) is 2.64. The van der Waals surface area contributed by atoms with E-state index in [4.69, 9.17) is 0 Å². The van der Waals surface area contributed by atoms with Crippen molar-refractivity contribution in [2.75, 3.05) is 17.3 Å². The zero-order chi connectivity index (χ0) is 6.53. The average Bonchev–Trinajstić information content (AvgIpc) is 2.13. The molecule has 0 amide bonds. The number of hydrogen-bond acceptors (Lipinski definition) is 2. The van der Waals surface area contributed by atoms with Crippen LogP contribution in [-0.4, -0.2) is 22.5 Å². The molecule has 1 fully saturated rings. The Balaban J connectivity index is 2.18. The maximum absolute atomic E-state index is 2.30. The molecule has 1 heterocycles. The first-order valence-corrected chi connectivity index (χ1v) is 5.83. The van der Waals surface area contributed by atoms with Crippen LogP contribution in [0.2, 0.25) is 0 Å². The molecule has 0 radical (unpaired) electrons. The summed E-state index contributed by atoms with van der Waals surface area (Å²) in [7, 11) is 0. The Morgan fingerprint density at radius 1 is 1.44 bits per heavy atom. The summed E-state index contributed by atoms with van der Waals surface area (Å²) in [5.74, 6) is 4.18. The summed E-state index contributed by atoms with van der Waals surface area (Å²) in [5.41, 5.74) is 0. The van der Waals surface area contributed by atoms with Crippen LogP contribution < -0.4 is 0 Å². The highest BCUT2D eigenvalue weighted by molar-refractivity contribution is 8.03. The van der Waals surface area contributed by atoms with Crippen LogP contribution in [0, 0.1) is 0 Å². The lowest BCUT2D eigenvalue weighted by molar-refractivity contribution is 0.919. The summed E-state index contributed by atoms with van der Waals surface area (Å²) in [6.07, 6.45) is 2.78. The highest BCUT2D eigenvalue weighted by Crippen LogP contribution is 2.24. The van der Waals surface area contributed by atoms with Gasteiger partial charge in [-0.1, -0.05) is 6.92 Å². The van der Waals surface area contributed by atoms with E-state index in [1.165, 1.54) is 30.1 Å². The highest BCUT2D eigenvalue weighted by atomic mass is 32.2. The molecule has 1 atom stereocenters. The molecule has 0 aromatic carbocycles. The summed E-state index contributed by atoms with van der Waals surface area (Å²) >= 11 is 4.29. The SMILES string of the molecule is CCC1CSCCCS1. The van der Waals surface area contributed by atoms with Crippen LogP contribution in [0.3, 0.4) is 0 Å². The molecule has 0 nitrogen and oxygen atoms in total. The first-order valence-electron chi connectivity index (χ1n) is 3.63. The lowest BCUT2D eigenvalue weighted by Gasteiger charge is -2.07. The molecule has 1 aliphatic heterocycles. The van der Waals surface area contributed by atoms with Gasteiger partial charge in [-0.25, -0.2) is 0 Å². The van der Waals surface area contributed by atoms with Crippen LogP contribution in [0.4, 0.5) is 0 Å². The van der Waals surface area contributed by atoms with Crippen molar-refractivity contribution in [3.63, 3.8) is 0 Å². The van der Waals surface area contributed by atoms with E-state index >= 15 is 0 Å². The van der Waals surface area contributed by atoms with Gasteiger partial charge in [-0.2, -0.15) is 23.5 Å². The monoisotopic (exact) mass is 162 g/mol. The first-order chi connectivity index (χ1) is 4.43. The quantitative estimate of drug-likeness (QED) is 0.581. The van der Waals surface area contributed by atoms with E-state index in [1.54, 1.807) is 0 Å². The standard InChI is InChI=1S/C7H14S2/c1-2-7-6-8-4-3-5-9-7/h7H,2-6H2,1H3. The van der Waals surface area contributed by atoms with E-state index in [2.05, 4.69) is 30.4 Å². The minimum atomic E-state index is 0.956. The summed E-state index contributed by atoms with van der Waals surface area (Å²) in [5, 5.41) is 0.956. The molecule has 0 aliphatic carbocycles. The zero-order valence-electron chi connectivity index (χ0n) is 5.93. The Hall–Kier alpha value is 0.700. The largest absolute Gasteiger partial charge is 0.161 e. The van der Waals surface area contributed by atoms with E-state index in [1.807, 2.05) is 0 Å². The van der Waals surface area contributed by atoms with Gasteiger partial charge in [0.2, 0.25) is 0 Å². The topological polar surface area (TPSA) is 0 Å². The number of thioether (sulfide) groups is 2. The third kappa shape index (κ3) is 2.85. The average molecular weight is 162 g/mol. The van der Waals surface area contributed by atoms with E-state index in [0.717, 1.165) is 5.25 Å². The van der Waals surface area contributed by atoms with Gasteiger partial charge in [-0.3, -0.25) is 0 Å². The molecule has 1 unspecified atom stereocenters. The third-order valence-electron chi connectivity index (χ3n) is 1.55. The smallest absolute Gasteiger partial charge is 0.0135 e. The maximum Gasteiger partial charge on any atom is 0.0135 e.